The van der Waals surface area contributed by atoms with Crippen LogP contribution in [0.25, 0.3) is 5.69 Å². The van der Waals surface area contributed by atoms with Crippen molar-refractivity contribution in [3.63, 3.8) is 0 Å². The van der Waals surface area contributed by atoms with Crippen LogP contribution in [0.4, 0.5) is 0 Å². The van der Waals surface area contributed by atoms with E-state index in [0.29, 0.717) is 5.25 Å². The van der Waals surface area contributed by atoms with Gasteiger partial charge in [-0.15, -0.1) is 0 Å². The highest BCUT2D eigenvalue weighted by Crippen LogP contribution is 2.47. The first-order chi connectivity index (χ1) is 13.7. The van der Waals surface area contributed by atoms with E-state index in [0.717, 1.165) is 28.8 Å². The van der Waals surface area contributed by atoms with Crippen LogP contribution in [0.1, 0.15) is 30.4 Å². The van der Waals surface area contributed by atoms with Gasteiger partial charge in [0.2, 0.25) is 0 Å². The molecule has 6 heteroatoms. The zero-order valence-electron chi connectivity index (χ0n) is 15.9. The lowest BCUT2D eigenvalue weighted by Gasteiger charge is -2.28. The van der Waals surface area contributed by atoms with Crippen LogP contribution in [0, 0.1) is 0 Å². The number of aliphatic imine (C=N–C) groups is 1. The lowest BCUT2D eigenvalue weighted by atomic mass is 10.0. The minimum absolute atomic E-state index is 0.00421. The molecule has 1 saturated heterocycles. The average molecular weight is 391 g/mol. The predicted octanol–water partition coefficient (Wildman–Crippen LogP) is 4.47. The smallest absolute Gasteiger partial charge is 0.160 e. The second kappa shape index (κ2) is 7.02. The van der Waals surface area contributed by atoms with Crippen LogP contribution in [0.2, 0.25) is 0 Å². The van der Waals surface area contributed by atoms with Gasteiger partial charge in [0.25, 0.3) is 0 Å². The summed E-state index contributed by atoms with van der Waals surface area (Å²) in [7, 11) is 1.70. The third kappa shape index (κ3) is 2.88. The van der Waals surface area contributed by atoms with Crippen molar-refractivity contribution in [1.82, 2.24) is 14.5 Å². The van der Waals surface area contributed by atoms with Crippen LogP contribution in [-0.4, -0.2) is 38.5 Å². The SMILES string of the molecule is COc1cccc(-n2cccc2[C@@H]2[C@H](c3ccccn3)N=C3S[C@H](C)CN32)c1. The highest BCUT2D eigenvalue weighted by Gasteiger charge is 2.44. The van der Waals surface area contributed by atoms with Crippen molar-refractivity contribution in [3.8, 4) is 11.4 Å². The number of hydrogen-bond acceptors (Lipinski definition) is 5. The van der Waals surface area contributed by atoms with Gasteiger partial charge < -0.3 is 14.2 Å². The molecule has 1 aromatic carbocycles. The topological polar surface area (TPSA) is 42.6 Å². The molecule has 4 heterocycles. The Balaban J connectivity index is 1.60. The van der Waals surface area contributed by atoms with Crippen molar-refractivity contribution in [3.05, 3.63) is 78.4 Å². The summed E-state index contributed by atoms with van der Waals surface area (Å²) >= 11 is 1.86. The molecule has 0 bridgehead atoms. The Morgan fingerprint density at radius 1 is 1.11 bits per heavy atom. The van der Waals surface area contributed by atoms with Gasteiger partial charge in [-0.05, 0) is 36.4 Å². The molecule has 3 atom stereocenters. The van der Waals surface area contributed by atoms with Crippen LogP contribution in [-0.2, 0) is 0 Å². The molecule has 142 valence electrons. The zero-order chi connectivity index (χ0) is 19.1. The summed E-state index contributed by atoms with van der Waals surface area (Å²) in [6.45, 7) is 3.26. The summed E-state index contributed by atoms with van der Waals surface area (Å²) in [6, 6.07) is 18.7. The highest BCUT2D eigenvalue weighted by atomic mass is 32.2. The molecule has 2 aliphatic rings. The molecule has 0 spiro atoms. The molecule has 2 aliphatic heterocycles. The Morgan fingerprint density at radius 3 is 2.86 bits per heavy atom. The molecule has 0 saturated carbocycles. The van der Waals surface area contributed by atoms with Crippen LogP contribution >= 0.6 is 11.8 Å². The lowest BCUT2D eigenvalue weighted by Crippen LogP contribution is -2.30. The quantitative estimate of drug-likeness (QED) is 0.659. The van der Waals surface area contributed by atoms with E-state index < -0.39 is 0 Å². The molecule has 2 aromatic heterocycles. The van der Waals surface area contributed by atoms with Gasteiger partial charge in [-0.25, -0.2) is 0 Å². The van der Waals surface area contributed by atoms with E-state index >= 15 is 0 Å². The van der Waals surface area contributed by atoms with Crippen molar-refractivity contribution < 1.29 is 4.74 Å². The monoisotopic (exact) mass is 390 g/mol. The van der Waals surface area contributed by atoms with Gasteiger partial charge >= 0.3 is 0 Å². The van der Waals surface area contributed by atoms with E-state index in [9.17, 15) is 0 Å². The maximum absolute atomic E-state index is 5.43. The summed E-state index contributed by atoms with van der Waals surface area (Å²) < 4.78 is 7.68. The minimum atomic E-state index is -0.00421. The first kappa shape index (κ1) is 17.4. The van der Waals surface area contributed by atoms with Crippen LogP contribution in [0.5, 0.6) is 5.75 Å². The Hall–Kier alpha value is -2.73. The first-order valence-electron chi connectivity index (χ1n) is 9.48. The first-order valence-corrected chi connectivity index (χ1v) is 10.4. The van der Waals surface area contributed by atoms with Gasteiger partial charge in [-0.1, -0.05) is 30.8 Å². The van der Waals surface area contributed by atoms with Crippen molar-refractivity contribution in [2.24, 2.45) is 4.99 Å². The van der Waals surface area contributed by atoms with Gasteiger partial charge in [0.1, 0.15) is 11.8 Å². The largest absolute Gasteiger partial charge is 0.497 e. The van der Waals surface area contributed by atoms with Crippen molar-refractivity contribution in [1.29, 1.82) is 0 Å². The summed E-state index contributed by atoms with van der Waals surface area (Å²) in [5.74, 6) is 0.854. The Morgan fingerprint density at radius 2 is 2.04 bits per heavy atom. The fraction of sp³-hybridized carbons (Fsp3) is 0.273. The van der Waals surface area contributed by atoms with E-state index in [1.807, 2.05) is 42.2 Å². The minimum Gasteiger partial charge on any atom is -0.497 e. The Labute approximate surface area is 169 Å². The van der Waals surface area contributed by atoms with Gasteiger partial charge in [0, 0.05) is 41.6 Å². The van der Waals surface area contributed by atoms with E-state index in [1.54, 1.807) is 7.11 Å². The van der Waals surface area contributed by atoms with E-state index in [1.165, 1.54) is 5.69 Å². The number of hydrogen-bond donors (Lipinski definition) is 0. The molecule has 0 N–H and O–H groups in total. The number of nitrogens with zero attached hydrogens (tertiary/aromatic N) is 4. The number of pyridine rings is 1. The zero-order valence-corrected chi connectivity index (χ0v) is 16.7. The fourth-order valence-electron chi connectivity index (χ4n) is 4.07. The Kier molecular flexibility index (Phi) is 4.36. The second-order valence-corrected chi connectivity index (χ2v) is 8.55. The molecule has 3 aromatic rings. The van der Waals surface area contributed by atoms with E-state index in [2.05, 4.69) is 57.9 Å². The molecule has 5 nitrogen and oxygen atoms in total. The van der Waals surface area contributed by atoms with Crippen LogP contribution in [0.3, 0.4) is 0 Å². The number of aromatic nitrogens is 2. The maximum atomic E-state index is 5.43. The fourth-order valence-corrected chi connectivity index (χ4v) is 5.16. The normalized spacial score (nSPS) is 23.6. The van der Waals surface area contributed by atoms with Gasteiger partial charge in [0.05, 0.1) is 18.8 Å². The van der Waals surface area contributed by atoms with Gasteiger partial charge in [0.15, 0.2) is 5.17 Å². The van der Waals surface area contributed by atoms with Gasteiger partial charge in [-0.3, -0.25) is 9.98 Å². The third-order valence-electron chi connectivity index (χ3n) is 5.30. The molecule has 0 radical (unpaired) electrons. The van der Waals surface area contributed by atoms with Crippen molar-refractivity contribution in [2.45, 2.75) is 24.3 Å². The van der Waals surface area contributed by atoms with Gasteiger partial charge in [-0.2, -0.15) is 0 Å². The molecule has 28 heavy (non-hydrogen) atoms. The molecule has 0 aliphatic carbocycles. The summed E-state index contributed by atoms with van der Waals surface area (Å²) in [4.78, 5) is 12.2. The molecule has 0 unspecified atom stereocenters. The predicted molar refractivity (Wildman–Crippen MR) is 113 cm³/mol. The number of benzene rings is 1. The number of methoxy groups -OCH3 is 1. The summed E-state index contributed by atoms with van der Waals surface area (Å²) in [5.41, 5.74) is 3.32. The summed E-state index contributed by atoms with van der Waals surface area (Å²) in [5, 5.41) is 1.68. The number of thioether (sulfide) groups is 1. The number of ether oxygens (including phenoxy) is 1. The second-order valence-electron chi connectivity index (χ2n) is 7.14. The molecule has 1 fully saturated rings. The molecular formula is C22H22N4OS. The average Bonchev–Trinajstić information content (AvgIpc) is 3.42. The Bertz CT molecular complexity index is 1020. The van der Waals surface area contributed by atoms with E-state index in [-0.39, 0.29) is 12.1 Å². The molecule has 5 rings (SSSR count). The standard InChI is InChI=1S/C22H22N4OS/c1-15-14-26-21(20(24-22(26)28-15)18-9-3-4-11-23-18)19-10-6-12-25(19)16-7-5-8-17(13-16)27-2/h3-13,15,20-21H,14H2,1-2H3/t15-,20+,21-/m1/s1. The number of rotatable bonds is 4. The van der Waals surface area contributed by atoms with Crippen LogP contribution in [0.15, 0.2) is 72.0 Å². The number of fused-ring (bicyclic) bond motifs is 1. The van der Waals surface area contributed by atoms with Crippen molar-refractivity contribution >= 4 is 16.9 Å². The van der Waals surface area contributed by atoms with Crippen LogP contribution < -0.4 is 4.74 Å². The lowest BCUT2D eigenvalue weighted by molar-refractivity contribution is 0.312. The third-order valence-corrected chi connectivity index (χ3v) is 6.40. The van der Waals surface area contributed by atoms with Crippen molar-refractivity contribution in [2.75, 3.05) is 13.7 Å². The summed E-state index contributed by atoms with van der Waals surface area (Å²) in [6.07, 6.45) is 3.97. The van der Waals surface area contributed by atoms with E-state index in [4.69, 9.17) is 9.73 Å². The molecular weight excluding hydrogens is 368 g/mol. The number of amidine groups is 1. The molecule has 0 amide bonds. The maximum Gasteiger partial charge on any atom is 0.160 e. The highest BCUT2D eigenvalue weighted by molar-refractivity contribution is 8.14.